The summed E-state index contributed by atoms with van der Waals surface area (Å²) in [5, 5.41) is 0. The Bertz CT molecular complexity index is 190. The fraction of sp³-hybridized carbons (Fsp3) is 0.667. The van der Waals surface area contributed by atoms with E-state index in [9.17, 15) is 9.59 Å². The van der Waals surface area contributed by atoms with E-state index in [2.05, 4.69) is 4.74 Å². The van der Waals surface area contributed by atoms with Crippen LogP contribution in [-0.2, 0) is 9.53 Å². The highest BCUT2D eigenvalue weighted by Gasteiger charge is 2.28. The molecule has 1 aliphatic heterocycles. The van der Waals surface area contributed by atoms with Crippen LogP contribution in [0.5, 0.6) is 0 Å². The Kier molecular flexibility index (Phi) is 1.98. The molecular weight excluding hydrogens is 148 g/mol. The van der Waals surface area contributed by atoms with E-state index < -0.39 is 6.09 Å². The summed E-state index contributed by atoms with van der Waals surface area (Å²) in [6, 6.07) is 0. The molecule has 0 unspecified atom stereocenters. The first kappa shape index (κ1) is 7.84. The van der Waals surface area contributed by atoms with Crippen LogP contribution < -0.4 is 5.73 Å². The Hall–Kier alpha value is -1.26. The Morgan fingerprint density at radius 3 is 2.82 bits per heavy atom. The molecule has 11 heavy (non-hydrogen) atoms. The third-order valence-corrected chi connectivity index (χ3v) is 1.59. The summed E-state index contributed by atoms with van der Waals surface area (Å²) in [6.07, 6.45) is -0.928. The van der Waals surface area contributed by atoms with Crippen LogP contribution in [-0.4, -0.2) is 36.6 Å². The van der Waals surface area contributed by atoms with Crippen LogP contribution in [0.3, 0.4) is 0 Å². The molecule has 62 valence electrons. The van der Waals surface area contributed by atoms with Gasteiger partial charge in [-0.2, -0.15) is 0 Å². The first-order chi connectivity index (χ1) is 5.09. The minimum Gasteiger partial charge on any atom is -0.444 e. The number of amides is 2. The summed E-state index contributed by atoms with van der Waals surface area (Å²) in [7, 11) is 1.66. The summed E-state index contributed by atoms with van der Waals surface area (Å²) in [5.74, 6) is -0.0174. The van der Waals surface area contributed by atoms with Gasteiger partial charge in [-0.1, -0.05) is 0 Å². The van der Waals surface area contributed by atoms with E-state index in [1.165, 1.54) is 4.90 Å². The summed E-state index contributed by atoms with van der Waals surface area (Å²) in [6.45, 7) is 0.446. The summed E-state index contributed by atoms with van der Waals surface area (Å²) in [5.41, 5.74) is 4.77. The summed E-state index contributed by atoms with van der Waals surface area (Å²) >= 11 is 0. The molecule has 0 aromatic rings. The monoisotopic (exact) mass is 158 g/mol. The Labute approximate surface area is 64.1 Å². The molecule has 5 heteroatoms. The highest BCUT2D eigenvalue weighted by molar-refractivity contribution is 5.79. The van der Waals surface area contributed by atoms with E-state index in [1.807, 2.05) is 0 Å². The maximum absolute atomic E-state index is 10.9. The van der Waals surface area contributed by atoms with Gasteiger partial charge < -0.3 is 15.4 Å². The molecule has 1 fully saturated rings. The van der Waals surface area contributed by atoms with Crippen LogP contribution >= 0.6 is 0 Å². The number of carbonyl (C=O) groups is 2. The number of primary amides is 1. The summed E-state index contributed by atoms with van der Waals surface area (Å²) < 4.78 is 4.63. The molecule has 0 aliphatic carbocycles. The van der Waals surface area contributed by atoms with Gasteiger partial charge in [-0.25, -0.2) is 4.79 Å². The minimum absolute atomic E-state index is 0.0174. The fourth-order valence-corrected chi connectivity index (χ4v) is 1.07. The molecule has 2 amide bonds. The van der Waals surface area contributed by atoms with Crippen molar-refractivity contribution in [3.8, 4) is 0 Å². The van der Waals surface area contributed by atoms with Gasteiger partial charge in [-0.05, 0) is 0 Å². The topological polar surface area (TPSA) is 72.6 Å². The predicted octanol–water partition coefficient (Wildman–Crippen LogP) is -0.688. The largest absolute Gasteiger partial charge is 0.444 e. The van der Waals surface area contributed by atoms with E-state index in [4.69, 9.17) is 5.73 Å². The maximum atomic E-state index is 10.9. The van der Waals surface area contributed by atoms with Crippen LogP contribution in [0.25, 0.3) is 0 Å². The molecule has 0 radical (unpaired) electrons. The average molecular weight is 158 g/mol. The minimum atomic E-state index is -0.821. The Morgan fingerprint density at radius 2 is 2.45 bits per heavy atom. The van der Waals surface area contributed by atoms with Crippen LogP contribution in [0.4, 0.5) is 4.79 Å². The van der Waals surface area contributed by atoms with Gasteiger partial charge in [-0.15, -0.1) is 0 Å². The molecule has 0 spiro atoms. The normalized spacial score (nSPS) is 23.9. The van der Waals surface area contributed by atoms with Crippen molar-refractivity contribution in [1.29, 1.82) is 0 Å². The van der Waals surface area contributed by atoms with Gasteiger partial charge >= 0.3 is 6.09 Å². The summed E-state index contributed by atoms with van der Waals surface area (Å²) in [4.78, 5) is 22.6. The molecule has 1 rings (SSSR count). The number of nitrogens with zero attached hydrogens (tertiary/aromatic N) is 1. The molecule has 1 heterocycles. The van der Waals surface area contributed by atoms with Crippen molar-refractivity contribution in [2.75, 3.05) is 13.6 Å². The number of carbonyl (C=O) groups excluding carboxylic acids is 2. The molecule has 0 aromatic carbocycles. The molecule has 1 aliphatic rings. The van der Waals surface area contributed by atoms with Crippen molar-refractivity contribution in [2.24, 2.45) is 5.73 Å². The number of hydrogen-bond acceptors (Lipinski definition) is 3. The quantitative estimate of drug-likeness (QED) is 0.549. The second-order valence-electron chi connectivity index (χ2n) is 2.54. The molecule has 0 aromatic heterocycles. The van der Waals surface area contributed by atoms with Crippen LogP contribution in [0.15, 0.2) is 0 Å². The van der Waals surface area contributed by atoms with Gasteiger partial charge in [0.2, 0.25) is 5.91 Å². The molecule has 0 bridgehead atoms. The predicted molar refractivity (Wildman–Crippen MR) is 36.7 cm³/mol. The third kappa shape index (κ3) is 1.83. The van der Waals surface area contributed by atoms with Crippen molar-refractivity contribution >= 4 is 12.0 Å². The fourth-order valence-electron chi connectivity index (χ4n) is 1.07. The molecular formula is C6H10N2O3. The number of hydrogen-bond donors (Lipinski definition) is 1. The number of likely N-dealkylation sites (tertiary alicyclic amines) is 1. The second-order valence-corrected chi connectivity index (χ2v) is 2.54. The van der Waals surface area contributed by atoms with Gasteiger partial charge in [0.25, 0.3) is 0 Å². The second kappa shape index (κ2) is 2.77. The molecule has 5 nitrogen and oxygen atoms in total. The number of ether oxygens (including phenoxy) is 1. The van der Waals surface area contributed by atoms with Gasteiger partial charge in [0.05, 0.1) is 13.0 Å². The number of rotatable bonds is 1. The highest BCUT2D eigenvalue weighted by atomic mass is 16.6. The average Bonchev–Trinajstić information content (AvgIpc) is 2.10. The van der Waals surface area contributed by atoms with Gasteiger partial charge in [0, 0.05) is 7.05 Å². The maximum Gasteiger partial charge on any atom is 0.404 e. The van der Waals surface area contributed by atoms with Crippen molar-refractivity contribution < 1.29 is 14.3 Å². The zero-order valence-electron chi connectivity index (χ0n) is 6.24. The number of nitrogens with two attached hydrogens (primary N) is 1. The molecule has 1 saturated heterocycles. The van der Waals surface area contributed by atoms with Gasteiger partial charge in [0.1, 0.15) is 6.10 Å². The first-order valence-electron chi connectivity index (χ1n) is 3.29. The Morgan fingerprint density at radius 1 is 1.82 bits per heavy atom. The van der Waals surface area contributed by atoms with Crippen molar-refractivity contribution in [1.82, 2.24) is 4.90 Å². The lowest BCUT2D eigenvalue weighted by atomic mass is 10.3. The lowest BCUT2D eigenvalue weighted by Gasteiger charge is -2.08. The molecule has 0 saturated carbocycles. The molecule has 1 atom stereocenters. The van der Waals surface area contributed by atoms with E-state index >= 15 is 0 Å². The lowest BCUT2D eigenvalue weighted by molar-refractivity contribution is -0.126. The van der Waals surface area contributed by atoms with E-state index in [1.54, 1.807) is 7.05 Å². The van der Waals surface area contributed by atoms with Gasteiger partial charge in [-0.3, -0.25) is 4.79 Å². The number of likely N-dealkylation sites (N-methyl/N-ethyl adjacent to an activating group) is 1. The van der Waals surface area contributed by atoms with Crippen molar-refractivity contribution in [2.45, 2.75) is 12.5 Å². The van der Waals surface area contributed by atoms with Gasteiger partial charge in [0.15, 0.2) is 0 Å². The zero-order chi connectivity index (χ0) is 8.43. The Balaban J connectivity index is 2.41. The highest BCUT2D eigenvalue weighted by Crippen LogP contribution is 2.11. The van der Waals surface area contributed by atoms with E-state index in [-0.39, 0.29) is 18.4 Å². The first-order valence-corrected chi connectivity index (χ1v) is 3.29. The van der Waals surface area contributed by atoms with E-state index in [0.29, 0.717) is 6.54 Å². The molecule has 2 N–H and O–H groups in total. The van der Waals surface area contributed by atoms with Crippen LogP contribution in [0, 0.1) is 0 Å². The SMILES string of the molecule is CN1C[C@@H](OC(N)=O)CC1=O. The van der Waals surface area contributed by atoms with Crippen LogP contribution in [0.2, 0.25) is 0 Å². The van der Waals surface area contributed by atoms with Crippen molar-refractivity contribution in [3.05, 3.63) is 0 Å². The van der Waals surface area contributed by atoms with E-state index in [0.717, 1.165) is 0 Å². The van der Waals surface area contributed by atoms with Crippen LogP contribution in [0.1, 0.15) is 6.42 Å². The third-order valence-electron chi connectivity index (χ3n) is 1.59. The lowest BCUT2D eigenvalue weighted by Crippen LogP contribution is -2.25. The van der Waals surface area contributed by atoms with Crippen molar-refractivity contribution in [3.63, 3.8) is 0 Å². The smallest absolute Gasteiger partial charge is 0.404 e. The zero-order valence-corrected chi connectivity index (χ0v) is 6.24. The standard InChI is InChI=1S/C6H10N2O3/c1-8-3-4(2-5(8)9)11-6(7)10/h4H,2-3H2,1H3,(H2,7,10)/t4-/m0/s1.